The van der Waals surface area contributed by atoms with Crippen molar-refractivity contribution in [2.75, 3.05) is 36.0 Å². The lowest BCUT2D eigenvalue weighted by Crippen LogP contribution is -2.44. The number of carbonyl (C=O) groups excluding carboxylic acids is 1. The molecule has 2 aromatic carbocycles. The van der Waals surface area contributed by atoms with Crippen molar-refractivity contribution in [1.82, 2.24) is 4.31 Å². The smallest absolute Gasteiger partial charge is 0.231 e. The van der Waals surface area contributed by atoms with Crippen molar-refractivity contribution in [2.24, 2.45) is 5.92 Å². The lowest BCUT2D eigenvalue weighted by molar-refractivity contribution is -0.120. The van der Waals surface area contributed by atoms with E-state index in [1.165, 1.54) is 35.6 Å². The molecule has 0 aromatic heterocycles. The molecule has 1 atom stereocenters. The molecule has 1 aliphatic heterocycles. The van der Waals surface area contributed by atoms with E-state index >= 15 is 0 Å². The van der Waals surface area contributed by atoms with Gasteiger partial charge in [0.15, 0.2) is 0 Å². The van der Waals surface area contributed by atoms with Gasteiger partial charge in [0.25, 0.3) is 0 Å². The highest BCUT2D eigenvalue weighted by atomic mass is 32.2. The SMILES string of the molecule is CN(c1cccc(NC(=O)C2CCCN(S(=O)(=O)Cc3ccc(F)cc3)C2)c1)S(C)(=O)=O. The molecule has 1 N–H and O–H groups in total. The predicted octanol–water partition coefficient (Wildman–Crippen LogP) is 2.40. The van der Waals surface area contributed by atoms with Crippen LogP contribution in [0.3, 0.4) is 0 Å². The number of anilines is 2. The number of sulfonamides is 2. The monoisotopic (exact) mass is 483 g/mol. The number of amides is 1. The summed E-state index contributed by atoms with van der Waals surface area (Å²) in [6, 6.07) is 11.7. The largest absolute Gasteiger partial charge is 0.326 e. The van der Waals surface area contributed by atoms with Crippen molar-refractivity contribution in [3.63, 3.8) is 0 Å². The van der Waals surface area contributed by atoms with Gasteiger partial charge < -0.3 is 5.32 Å². The first kappa shape index (κ1) is 24.1. The highest BCUT2D eigenvalue weighted by Gasteiger charge is 2.32. The number of benzene rings is 2. The standard InChI is InChI=1S/C21H26FN3O5S2/c1-24(31(2,27)28)20-7-3-6-19(13-20)23-21(26)17-5-4-12-25(14-17)32(29,30)15-16-8-10-18(22)11-9-16/h3,6-11,13,17H,4-5,12,14-15H2,1-2H3,(H,23,26). The lowest BCUT2D eigenvalue weighted by Gasteiger charge is -2.31. The van der Waals surface area contributed by atoms with Gasteiger partial charge in [0.2, 0.25) is 26.0 Å². The zero-order valence-corrected chi connectivity index (χ0v) is 19.5. The molecule has 1 amide bonds. The van der Waals surface area contributed by atoms with Gasteiger partial charge in [0, 0.05) is 25.8 Å². The summed E-state index contributed by atoms with van der Waals surface area (Å²) in [6.07, 6.45) is 2.16. The van der Waals surface area contributed by atoms with Gasteiger partial charge in [-0.1, -0.05) is 18.2 Å². The Morgan fingerprint density at radius 1 is 1.16 bits per heavy atom. The van der Waals surface area contributed by atoms with Gasteiger partial charge in [0.1, 0.15) is 5.82 Å². The van der Waals surface area contributed by atoms with Crippen molar-refractivity contribution in [3.8, 4) is 0 Å². The molecule has 174 valence electrons. The summed E-state index contributed by atoms with van der Waals surface area (Å²) in [7, 11) is -5.69. The topological polar surface area (TPSA) is 104 Å². The van der Waals surface area contributed by atoms with E-state index in [1.54, 1.807) is 24.3 Å². The van der Waals surface area contributed by atoms with E-state index in [1.807, 2.05) is 0 Å². The maximum Gasteiger partial charge on any atom is 0.231 e. The molecule has 1 heterocycles. The first-order valence-electron chi connectivity index (χ1n) is 10.0. The van der Waals surface area contributed by atoms with Crippen LogP contribution in [0.2, 0.25) is 0 Å². The fourth-order valence-corrected chi connectivity index (χ4v) is 5.61. The number of hydrogen-bond donors (Lipinski definition) is 1. The van der Waals surface area contributed by atoms with Crippen LogP contribution in [0.4, 0.5) is 15.8 Å². The number of piperidine rings is 1. The zero-order chi connectivity index (χ0) is 23.5. The summed E-state index contributed by atoms with van der Waals surface area (Å²) in [6.45, 7) is 0.375. The molecule has 32 heavy (non-hydrogen) atoms. The minimum Gasteiger partial charge on any atom is -0.326 e. The third kappa shape index (κ3) is 6.05. The zero-order valence-electron chi connectivity index (χ0n) is 17.9. The van der Waals surface area contributed by atoms with E-state index in [2.05, 4.69) is 5.32 Å². The van der Waals surface area contributed by atoms with Crippen molar-refractivity contribution in [1.29, 1.82) is 0 Å². The van der Waals surface area contributed by atoms with E-state index in [4.69, 9.17) is 0 Å². The molecular weight excluding hydrogens is 457 g/mol. The van der Waals surface area contributed by atoms with Crippen LogP contribution in [0.15, 0.2) is 48.5 Å². The Bertz CT molecular complexity index is 1180. The number of carbonyl (C=O) groups is 1. The van der Waals surface area contributed by atoms with Crippen LogP contribution in [-0.4, -0.2) is 53.4 Å². The van der Waals surface area contributed by atoms with E-state index in [0.29, 0.717) is 36.3 Å². The van der Waals surface area contributed by atoms with Crippen LogP contribution in [-0.2, 0) is 30.6 Å². The molecule has 0 radical (unpaired) electrons. The van der Waals surface area contributed by atoms with Crippen LogP contribution in [0.25, 0.3) is 0 Å². The fraction of sp³-hybridized carbons (Fsp3) is 0.381. The van der Waals surface area contributed by atoms with Gasteiger partial charge in [0.05, 0.1) is 23.6 Å². The van der Waals surface area contributed by atoms with Gasteiger partial charge in [-0.2, -0.15) is 0 Å². The van der Waals surface area contributed by atoms with Crippen molar-refractivity contribution >= 4 is 37.3 Å². The maximum atomic E-state index is 13.1. The van der Waals surface area contributed by atoms with Gasteiger partial charge >= 0.3 is 0 Å². The Labute approximate surface area is 188 Å². The molecule has 3 rings (SSSR count). The lowest BCUT2D eigenvalue weighted by atomic mass is 9.98. The van der Waals surface area contributed by atoms with E-state index in [9.17, 15) is 26.0 Å². The second-order valence-electron chi connectivity index (χ2n) is 7.85. The third-order valence-corrected chi connectivity index (χ3v) is 8.41. The molecule has 1 unspecified atom stereocenters. The minimum atomic E-state index is -3.67. The van der Waals surface area contributed by atoms with E-state index in [0.717, 1.165) is 10.6 Å². The van der Waals surface area contributed by atoms with Crippen molar-refractivity contribution in [2.45, 2.75) is 18.6 Å². The fourth-order valence-electron chi connectivity index (χ4n) is 3.51. The maximum absolute atomic E-state index is 13.1. The Morgan fingerprint density at radius 3 is 2.50 bits per heavy atom. The van der Waals surface area contributed by atoms with Crippen LogP contribution < -0.4 is 9.62 Å². The number of rotatable bonds is 7. The Hall–Kier alpha value is -2.50. The summed E-state index contributed by atoms with van der Waals surface area (Å²) >= 11 is 0. The molecule has 0 saturated carbocycles. The summed E-state index contributed by atoms with van der Waals surface area (Å²) in [5.74, 6) is -1.57. The highest BCUT2D eigenvalue weighted by molar-refractivity contribution is 7.92. The van der Waals surface area contributed by atoms with Gasteiger partial charge in [-0.15, -0.1) is 0 Å². The van der Waals surface area contributed by atoms with Crippen molar-refractivity contribution in [3.05, 3.63) is 59.9 Å². The number of halogens is 1. The second kappa shape index (κ2) is 9.55. The first-order chi connectivity index (χ1) is 15.0. The van der Waals surface area contributed by atoms with E-state index in [-0.39, 0.29) is 18.2 Å². The molecule has 1 aliphatic rings. The molecule has 1 saturated heterocycles. The van der Waals surface area contributed by atoms with Gasteiger partial charge in [-0.05, 0) is 48.7 Å². The number of hydrogen-bond acceptors (Lipinski definition) is 5. The molecule has 2 aromatic rings. The highest BCUT2D eigenvalue weighted by Crippen LogP contribution is 2.25. The molecular formula is C21H26FN3O5S2. The Kier molecular flexibility index (Phi) is 7.21. The van der Waals surface area contributed by atoms with Crippen LogP contribution in [0.1, 0.15) is 18.4 Å². The first-order valence-corrected chi connectivity index (χ1v) is 13.5. The summed E-state index contributed by atoms with van der Waals surface area (Å²) in [5.41, 5.74) is 1.30. The Morgan fingerprint density at radius 2 is 1.84 bits per heavy atom. The van der Waals surface area contributed by atoms with E-state index < -0.39 is 31.8 Å². The average molecular weight is 484 g/mol. The summed E-state index contributed by atoms with van der Waals surface area (Å²) < 4.78 is 64.6. The second-order valence-corrected chi connectivity index (χ2v) is 11.8. The minimum absolute atomic E-state index is 0.0539. The molecule has 1 fully saturated rings. The normalized spacial score (nSPS) is 17.7. The summed E-state index contributed by atoms with van der Waals surface area (Å²) in [4.78, 5) is 12.8. The van der Waals surface area contributed by atoms with Crippen LogP contribution in [0, 0.1) is 11.7 Å². The number of nitrogens with zero attached hydrogens (tertiary/aromatic N) is 2. The predicted molar refractivity (Wildman–Crippen MR) is 122 cm³/mol. The molecule has 0 aliphatic carbocycles. The van der Waals surface area contributed by atoms with Gasteiger partial charge in [-0.3, -0.25) is 9.10 Å². The molecule has 11 heteroatoms. The van der Waals surface area contributed by atoms with Crippen molar-refractivity contribution < 1.29 is 26.0 Å². The van der Waals surface area contributed by atoms with Crippen LogP contribution in [0.5, 0.6) is 0 Å². The third-order valence-electron chi connectivity index (χ3n) is 5.39. The number of nitrogens with one attached hydrogen (secondary N) is 1. The molecule has 0 spiro atoms. The van der Waals surface area contributed by atoms with Gasteiger partial charge in [-0.25, -0.2) is 25.5 Å². The molecule has 0 bridgehead atoms. The molecule has 8 nitrogen and oxygen atoms in total. The average Bonchev–Trinajstić information content (AvgIpc) is 2.74. The Balaban J connectivity index is 1.67. The quantitative estimate of drug-likeness (QED) is 0.651. The van der Waals surface area contributed by atoms with Crippen LogP contribution >= 0.6 is 0 Å². The summed E-state index contributed by atoms with van der Waals surface area (Å²) in [5, 5.41) is 2.76.